The molecule has 34 heavy (non-hydrogen) atoms. The third-order valence-corrected chi connectivity index (χ3v) is 10.0. The smallest absolute Gasteiger partial charge is 0.251 e. The van der Waals surface area contributed by atoms with Crippen molar-refractivity contribution in [1.29, 1.82) is 0 Å². The molecule has 4 rings (SSSR count). The zero-order valence-corrected chi connectivity index (χ0v) is 21.4. The summed E-state index contributed by atoms with van der Waals surface area (Å²) >= 11 is 1.40. The maximum absolute atomic E-state index is 13.0. The highest BCUT2D eigenvalue weighted by Gasteiger charge is 2.32. The van der Waals surface area contributed by atoms with Crippen LogP contribution in [0.15, 0.2) is 57.2 Å². The Morgan fingerprint density at radius 1 is 1.03 bits per heavy atom. The number of hydrogen-bond acceptors (Lipinski definition) is 7. The van der Waals surface area contributed by atoms with E-state index in [9.17, 15) is 21.6 Å². The fourth-order valence-corrected chi connectivity index (χ4v) is 7.12. The lowest BCUT2D eigenvalue weighted by Gasteiger charge is -2.29. The summed E-state index contributed by atoms with van der Waals surface area (Å²) in [5.74, 6) is 0.0649. The number of rotatable bonds is 5. The van der Waals surface area contributed by atoms with E-state index in [1.54, 1.807) is 7.11 Å². The fourth-order valence-electron chi connectivity index (χ4n) is 3.98. The van der Waals surface area contributed by atoms with E-state index in [-0.39, 0.29) is 34.7 Å². The average molecular weight is 524 g/mol. The van der Waals surface area contributed by atoms with E-state index in [0.29, 0.717) is 23.4 Å². The van der Waals surface area contributed by atoms with Crippen LogP contribution in [0.1, 0.15) is 12.8 Å². The summed E-state index contributed by atoms with van der Waals surface area (Å²) in [6.07, 6.45) is 1.79. The molecule has 9 nitrogen and oxygen atoms in total. The molecule has 0 unspecified atom stereocenters. The van der Waals surface area contributed by atoms with Gasteiger partial charge in [-0.25, -0.2) is 16.8 Å². The molecule has 1 fully saturated rings. The Balaban J connectivity index is 1.49. The number of benzene rings is 2. The number of nitrogens with zero attached hydrogens (tertiary/aromatic N) is 3. The molecule has 0 aliphatic carbocycles. The highest BCUT2D eigenvalue weighted by Crippen LogP contribution is 2.28. The first-order valence-electron chi connectivity index (χ1n) is 10.5. The van der Waals surface area contributed by atoms with Crippen molar-refractivity contribution in [3.63, 3.8) is 0 Å². The SMILES string of the molecule is COc1cccc2sc(=NC(=O)C3CCN(S(=O)(=O)c4ccc(S(C)(=O)=O)cc4)CC3)n(C)c12. The van der Waals surface area contributed by atoms with Gasteiger partial charge in [0.15, 0.2) is 14.6 Å². The number of ether oxygens (including phenoxy) is 1. The molecule has 1 saturated heterocycles. The number of piperidine rings is 1. The van der Waals surface area contributed by atoms with Gasteiger partial charge in [0, 0.05) is 32.3 Å². The maximum atomic E-state index is 13.0. The number of methoxy groups -OCH3 is 1. The molecule has 0 N–H and O–H groups in total. The lowest BCUT2D eigenvalue weighted by molar-refractivity contribution is -0.122. The number of sulfone groups is 1. The van der Waals surface area contributed by atoms with Gasteiger partial charge in [-0.3, -0.25) is 4.79 Å². The predicted octanol–water partition coefficient (Wildman–Crippen LogP) is 2.18. The zero-order chi connectivity index (χ0) is 24.7. The van der Waals surface area contributed by atoms with Gasteiger partial charge in [-0.15, -0.1) is 0 Å². The van der Waals surface area contributed by atoms with Gasteiger partial charge in [0.05, 0.1) is 21.6 Å². The molecule has 2 aromatic carbocycles. The van der Waals surface area contributed by atoms with Gasteiger partial charge in [0.2, 0.25) is 10.0 Å². The highest BCUT2D eigenvalue weighted by atomic mass is 32.2. The van der Waals surface area contributed by atoms with E-state index in [1.807, 2.05) is 29.8 Å². The van der Waals surface area contributed by atoms with Crippen LogP contribution < -0.4 is 9.54 Å². The first-order valence-corrected chi connectivity index (χ1v) is 14.7. The molecule has 0 radical (unpaired) electrons. The van der Waals surface area contributed by atoms with Crippen molar-refractivity contribution in [2.24, 2.45) is 18.0 Å². The van der Waals surface area contributed by atoms with Crippen LogP contribution in [0, 0.1) is 5.92 Å². The standard InChI is InChI=1S/C22H25N3O6S3/c1-24-20-18(31-2)5-4-6-19(20)32-22(24)23-21(26)15-11-13-25(14-12-15)34(29,30)17-9-7-16(8-10-17)33(3,27)28/h4-10,15H,11-14H2,1-3H3. The number of amides is 1. The largest absolute Gasteiger partial charge is 0.495 e. The summed E-state index contributed by atoms with van der Waals surface area (Å²) in [6, 6.07) is 10.9. The summed E-state index contributed by atoms with van der Waals surface area (Å²) in [6.45, 7) is 0.378. The molecule has 0 saturated carbocycles. The lowest BCUT2D eigenvalue weighted by atomic mass is 9.98. The van der Waals surface area contributed by atoms with Gasteiger partial charge in [-0.05, 0) is 49.2 Å². The topological polar surface area (TPSA) is 115 Å². The number of sulfonamides is 1. The van der Waals surface area contributed by atoms with E-state index < -0.39 is 19.9 Å². The first-order chi connectivity index (χ1) is 16.0. The fraction of sp³-hybridized carbons (Fsp3) is 0.364. The van der Waals surface area contributed by atoms with Crippen LogP contribution in [-0.4, -0.2) is 58.1 Å². The second kappa shape index (κ2) is 9.25. The zero-order valence-electron chi connectivity index (χ0n) is 19.0. The van der Waals surface area contributed by atoms with Crippen LogP contribution in [0.3, 0.4) is 0 Å². The van der Waals surface area contributed by atoms with E-state index in [1.165, 1.54) is 39.9 Å². The number of para-hydroxylation sites is 1. The molecule has 1 aliphatic heterocycles. The molecule has 1 aromatic heterocycles. The maximum Gasteiger partial charge on any atom is 0.251 e. The van der Waals surface area contributed by atoms with E-state index in [0.717, 1.165) is 16.5 Å². The van der Waals surface area contributed by atoms with Crippen molar-refractivity contribution in [2.75, 3.05) is 26.5 Å². The van der Waals surface area contributed by atoms with Crippen molar-refractivity contribution in [1.82, 2.24) is 8.87 Å². The van der Waals surface area contributed by atoms with Gasteiger partial charge in [0.25, 0.3) is 5.91 Å². The third-order valence-electron chi connectivity index (χ3n) is 5.90. The minimum absolute atomic E-state index is 0.0283. The predicted molar refractivity (Wildman–Crippen MR) is 129 cm³/mol. The number of carbonyl (C=O) groups is 1. The third kappa shape index (κ3) is 4.67. The van der Waals surface area contributed by atoms with Crippen LogP contribution in [0.4, 0.5) is 0 Å². The minimum atomic E-state index is -3.78. The van der Waals surface area contributed by atoms with Gasteiger partial charge in [-0.2, -0.15) is 9.30 Å². The van der Waals surface area contributed by atoms with Gasteiger partial charge < -0.3 is 9.30 Å². The Kier molecular flexibility index (Phi) is 6.69. The average Bonchev–Trinajstić information content (AvgIpc) is 3.14. The normalized spacial score (nSPS) is 16.7. The molecule has 1 amide bonds. The minimum Gasteiger partial charge on any atom is -0.495 e. The molecule has 0 atom stereocenters. The molecule has 2 heterocycles. The van der Waals surface area contributed by atoms with E-state index in [2.05, 4.69) is 4.99 Å². The molecule has 1 aliphatic rings. The van der Waals surface area contributed by atoms with Crippen molar-refractivity contribution in [3.05, 3.63) is 47.3 Å². The Labute approximate surface area is 202 Å². The molecular weight excluding hydrogens is 498 g/mol. The molecular formula is C22H25N3O6S3. The summed E-state index contributed by atoms with van der Waals surface area (Å²) < 4.78 is 58.7. The Morgan fingerprint density at radius 2 is 1.65 bits per heavy atom. The van der Waals surface area contributed by atoms with Crippen LogP contribution in [0.2, 0.25) is 0 Å². The van der Waals surface area contributed by atoms with Crippen LogP contribution in [0.25, 0.3) is 10.2 Å². The second-order valence-corrected chi connectivity index (χ2v) is 13.1. The number of hydrogen-bond donors (Lipinski definition) is 0. The highest BCUT2D eigenvalue weighted by molar-refractivity contribution is 7.90. The van der Waals surface area contributed by atoms with Gasteiger partial charge in [0.1, 0.15) is 11.3 Å². The molecule has 12 heteroatoms. The molecule has 0 spiro atoms. The van der Waals surface area contributed by atoms with Crippen molar-refractivity contribution in [3.8, 4) is 5.75 Å². The second-order valence-electron chi connectivity index (χ2n) is 8.12. The monoisotopic (exact) mass is 523 g/mol. The summed E-state index contributed by atoms with van der Waals surface area (Å²) in [5, 5.41) is 0. The molecule has 0 bridgehead atoms. The van der Waals surface area contributed by atoms with Crippen LogP contribution in [0.5, 0.6) is 5.75 Å². The van der Waals surface area contributed by atoms with Gasteiger partial charge in [-0.1, -0.05) is 17.4 Å². The van der Waals surface area contributed by atoms with E-state index in [4.69, 9.17) is 4.74 Å². The van der Waals surface area contributed by atoms with Gasteiger partial charge >= 0.3 is 0 Å². The quantitative estimate of drug-likeness (QED) is 0.506. The number of aryl methyl sites for hydroxylation is 1. The molecule has 182 valence electrons. The van der Waals surface area contributed by atoms with Crippen LogP contribution in [-0.2, 0) is 31.7 Å². The van der Waals surface area contributed by atoms with E-state index >= 15 is 0 Å². The van der Waals surface area contributed by atoms with Crippen molar-refractivity contribution < 1.29 is 26.4 Å². The number of aromatic nitrogens is 1. The summed E-state index contributed by atoms with van der Waals surface area (Å²) in [7, 11) is -3.77. The Bertz CT molecular complexity index is 1510. The Morgan fingerprint density at radius 3 is 2.24 bits per heavy atom. The Hall–Kier alpha value is -2.54. The van der Waals surface area contributed by atoms with Crippen molar-refractivity contribution >= 4 is 47.3 Å². The summed E-state index contributed by atoms with van der Waals surface area (Å²) in [4.78, 5) is 17.9. The number of fused-ring (bicyclic) bond motifs is 1. The lowest BCUT2D eigenvalue weighted by Crippen LogP contribution is -2.40. The van der Waals surface area contributed by atoms with Crippen molar-refractivity contribution in [2.45, 2.75) is 22.6 Å². The number of carbonyl (C=O) groups excluding carboxylic acids is 1. The van der Waals surface area contributed by atoms with Crippen LogP contribution >= 0.6 is 11.3 Å². The molecule has 3 aromatic rings. The summed E-state index contributed by atoms with van der Waals surface area (Å²) in [5.41, 5.74) is 0.865. The first kappa shape index (κ1) is 24.6. The number of thiazole rings is 1.